The molecule has 0 unspecified atom stereocenters. The number of rotatable bonds is 7. The Kier molecular flexibility index (Phi) is 6.80. The molecule has 2 amide bonds. The average molecular weight is 488 g/mol. The normalized spacial score (nSPS) is 16.1. The Morgan fingerprint density at radius 1 is 1.06 bits per heavy atom. The largest absolute Gasteiger partial charge is 0.368 e. The van der Waals surface area contributed by atoms with Crippen LogP contribution >= 0.6 is 0 Å². The van der Waals surface area contributed by atoms with Crippen LogP contribution in [0.2, 0.25) is 0 Å². The maximum atomic E-state index is 12.6. The zero-order valence-corrected chi connectivity index (χ0v) is 19.2. The topological polar surface area (TPSA) is 142 Å². The van der Waals surface area contributed by atoms with Crippen molar-refractivity contribution in [1.29, 1.82) is 0 Å². The Hall–Kier alpha value is -3.51. The number of sulfonamides is 1. The van der Waals surface area contributed by atoms with Gasteiger partial charge in [0, 0.05) is 69.1 Å². The Morgan fingerprint density at radius 3 is 2.44 bits per heavy atom. The highest BCUT2D eigenvalue weighted by molar-refractivity contribution is 7.89. The first kappa shape index (κ1) is 23.6. The van der Waals surface area contributed by atoms with Gasteiger partial charge in [0.2, 0.25) is 21.8 Å². The summed E-state index contributed by atoms with van der Waals surface area (Å²) < 4.78 is 27.7. The molecule has 11 nitrogen and oxygen atoms in total. The second kappa shape index (κ2) is 9.77. The molecule has 0 spiro atoms. The summed E-state index contributed by atoms with van der Waals surface area (Å²) in [6.45, 7) is 2.12. The number of piperazine rings is 1. The number of nitrogens with one attached hydrogen (secondary N) is 2. The average Bonchev–Trinajstić information content (AvgIpc) is 2.83. The van der Waals surface area contributed by atoms with Gasteiger partial charge in [-0.25, -0.2) is 13.1 Å². The molecule has 0 radical (unpaired) electrons. The molecule has 180 valence electrons. The number of carbonyl (C=O) groups is 2. The monoisotopic (exact) mass is 487 g/mol. The van der Waals surface area contributed by atoms with E-state index >= 15 is 0 Å². The molecule has 0 saturated carbocycles. The van der Waals surface area contributed by atoms with Gasteiger partial charge < -0.3 is 15.1 Å². The number of nitrogens with zero attached hydrogens (tertiary/aromatic N) is 3. The number of carbonyl (C=O) groups excluding carboxylic acids is 2. The summed E-state index contributed by atoms with van der Waals surface area (Å²) in [6.07, 6.45) is 0.836. The Morgan fingerprint density at radius 2 is 1.76 bits per heavy atom. The van der Waals surface area contributed by atoms with Crippen LogP contribution in [0, 0.1) is 10.1 Å². The van der Waals surface area contributed by atoms with Gasteiger partial charge in [0.15, 0.2) is 0 Å². The fourth-order valence-electron chi connectivity index (χ4n) is 4.06. The molecule has 1 fully saturated rings. The number of amides is 2. The Labute approximate surface area is 196 Å². The van der Waals surface area contributed by atoms with Gasteiger partial charge in [-0.05, 0) is 42.3 Å². The van der Waals surface area contributed by atoms with Crippen LogP contribution in [0.3, 0.4) is 0 Å². The molecule has 0 bridgehead atoms. The summed E-state index contributed by atoms with van der Waals surface area (Å²) in [5.41, 5.74) is 2.28. The minimum atomic E-state index is -3.78. The highest BCUT2D eigenvalue weighted by Gasteiger charge is 2.23. The van der Waals surface area contributed by atoms with Crippen molar-refractivity contribution >= 4 is 38.9 Å². The lowest BCUT2D eigenvalue weighted by atomic mass is 10.0. The van der Waals surface area contributed by atoms with Crippen LogP contribution in [0.25, 0.3) is 0 Å². The number of anilines is 2. The van der Waals surface area contributed by atoms with Crippen molar-refractivity contribution < 1.29 is 22.9 Å². The molecule has 2 aliphatic heterocycles. The smallest absolute Gasteiger partial charge is 0.269 e. The van der Waals surface area contributed by atoms with E-state index in [1.807, 2.05) is 0 Å². The van der Waals surface area contributed by atoms with E-state index in [1.54, 1.807) is 29.2 Å². The zero-order chi connectivity index (χ0) is 24.3. The Bertz CT molecular complexity index is 1210. The van der Waals surface area contributed by atoms with Crippen LogP contribution in [0.15, 0.2) is 47.4 Å². The van der Waals surface area contributed by atoms with E-state index in [0.29, 0.717) is 44.7 Å². The molecule has 2 heterocycles. The number of nitro groups is 1. The fourth-order valence-corrected chi connectivity index (χ4v) is 5.14. The first-order valence-electron chi connectivity index (χ1n) is 10.9. The number of nitro benzene ring substituents is 1. The molecule has 4 rings (SSSR count). The Balaban J connectivity index is 1.26. The van der Waals surface area contributed by atoms with Crippen molar-refractivity contribution in [2.24, 2.45) is 0 Å². The SMILES string of the molecule is O=C1CCc2cc(S(=O)(=O)NCCC(=O)N3CCN(c4ccc([N+](=O)[O-])cc4)CC3)ccc2N1. The van der Waals surface area contributed by atoms with Gasteiger partial charge in [0.05, 0.1) is 9.82 Å². The van der Waals surface area contributed by atoms with Gasteiger partial charge in [0.25, 0.3) is 5.69 Å². The second-order valence-corrected chi connectivity index (χ2v) is 9.92. The van der Waals surface area contributed by atoms with E-state index in [4.69, 9.17) is 0 Å². The minimum Gasteiger partial charge on any atom is -0.368 e. The van der Waals surface area contributed by atoms with Crippen molar-refractivity contribution in [2.75, 3.05) is 42.9 Å². The van der Waals surface area contributed by atoms with Crippen molar-refractivity contribution in [3.63, 3.8) is 0 Å². The molecular weight excluding hydrogens is 462 g/mol. The lowest BCUT2D eigenvalue weighted by molar-refractivity contribution is -0.384. The van der Waals surface area contributed by atoms with Crippen LogP contribution in [0.4, 0.5) is 17.1 Å². The van der Waals surface area contributed by atoms with E-state index in [0.717, 1.165) is 11.3 Å². The van der Waals surface area contributed by atoms with E-state index < -0.39 is 14.9 Å². The molecule has 2 N–H and O–H groups in total. The zero-order valence-electron chi connectivity index (χ0n) is 18.4. The van der Waals surface area contributed by atoms with Gasteiger partial charge in [-0.1, -0.05) is 0 Å². The molecule has 2 aliphatic rings. The third kappa shape index (κ3) is 5.34. The van der Waals surface area contributed by atoms with E-state index in [9.17, 15) is 28.1 Å². The quantitative estimate of drug-likeness (QED) is 0.445. The number of hydrogen-bond donors (Lipinski definition) is 2. The maximum Gasteiger partial charge on any atom is 0.269 e. The van der Waals surface area contributed by atoms with Crippen molar-refractivity contribution in [2.45, 2.75) is 24.2 Å². The van der Waals surface area contributed by atoms with Crippen LogP contribution in [0.5, 0.6) is 0 Å². The molecule has 34 heavy (non-hydrogen) atoms. The molecular formula is C22H25N5O6S. The predicted molar refractivity (Wildman–Crippen MR) is 125 cm³/mol. The summed E-state index contributed by atoms with van der Waals surface area (Å²) in [6, 6.07) is 10.9. The van der Waals surface area contributed by atoms with Crippen LogP contribution in [-0.4, -0.2) is 62.8 Å². The summed E-state index contributed by atoms with van der Waals surface area (Å²) in [4.78, 5) is 38.2. The summed E-state index contributed by atoms with van der Waals surface area (Å²) in [5.74, 6) is -0.229. The van der Waals surface area contributed by atoms with Gasteiger partial charge >= 0.3 is 0 Å². The number of non-ortho nitro benzene ring substituents is 1. The molecule has 2 aromatic carbocycles. The lowest BCUT2D eigenvalue weighted by Crippen LogP contribution is -2.49. The number of hydrogen-bond acceptors (Lipinski definition) is 7. The molecule has 12 heteroatoms. The van der Waals surface area contributed by atoms with Gasteiger partial charge in [-0.3, -0.25) is 19.7 Å². The first-order chi connectivity index (χ1) is 16.2. The lowest BCUT2D eigenvalue weighted by Gasteiger charge is -2.36. The highest BCUT2D eigenvalue weighted by Crippen LogP contribution is 2.25. The van der Waals surface area contributed by atoms with Crippen LogP contribution in [-0.2, 0) is 26.0 Å². The van der Waals surface area contributed by atoms with Gasteiger partial charge in [-0.2, -0.15) is 0 Å². The molecule has 1 saturated heterocycles. The number of fused-ring (bicyclic) bond motifs is 1. The van der Waals surface area contributed by atoms with Crippen molar-refractivity contribution in [1.82, 2.24) is 9.62 Å². The maximum absolute atomic E-state index is 12.6. The summed E-state index contributed by atoms with van der Waals surface area (Å²) >= 11 is 0. The summed E-state index contributed by atoms with van der Waals surface area (Å²) in [5, 5.41) is 13.5. The molecule has 0 atom stereocenters. The standard InChI is InChI=1S/C22H25N5O6S/c28-21-8-1-16-15-19(6-7-20(16)24-21)34(32,33)23-10-9-22(29)26-13-11-25(12-14-26)17-2-4-18(5-3-17)27(30)31/h2-7,15,23H,1,8-14H2,(H,24,28). The van der Waals surface area contributed by atoms with Crippen LogP contribution < -0.4 is 14.9 Å². The minimum absolute atomic E-state index is 0.0163. The number of benzene rings is 2. The highest BCUT2D eigenvalue weighted by atomic mass is 32.2. The van der Waals surface area contributed by atoms with E-state index in [1.165, 1.54) is 18.2 Å². The molecule has 0 aliphatic carbocycles. The van der Waals surface area contributed by atoms with E-state index in [-0.39, 0.29) is 35.4 Å². The number of aryl methyl sites for hydroxylation is 1. The predicted octanol–water partition coefficient (Wildman–Crippen LogP) is 1.50. The van der Waals surface area contributed by atoms with Crippen LogP contribution in [0.1, 0.15) is 18.4 Å². The summed E-state index contributed by atoms with van der Waals surface area (Å²) in [7, 11) is -3.78. The molecule has 0 aromatic heterocycles. The second-order valence-electron chi connectivity index (χ2n) is 8.16. The van der Waals surface area contributed by atoms with Gasteiger partial charge in [-0.15, -0.1) is 0 Å². The van der Waals surface area contributed by atoms with Crippen molar-refractivity contribution in [3.05, 3.63) is 58.1 Å². The van der Waals surface area contributed by atoms with Gasteiger partial charge in [0.1, 0.15) is 0 Å². The van der Waals surface area contributed by atoms with E-state index in [2.05, 4.69) is 14.9 Å². The first-order valence-corrected chi connectivity index (χ1v) is 12.4. The third-order valence-corrected chi connectivity index (χ3v) is 7.43. The third-order valence-electron chi connectivity index (χ3n) is 5.97. The molecule has 2 aromatic rings. The van der Waals surface area contributed by atoms with Crippen molar-refractivity contribution in [3.8, 4) is 0 Å². The fraction of sp³-hybridized carbons (Fsp3) is 0.364.